The van der Waals surface area contributed by atoms with E-state index in [1.54, 1.807) is 24.3 Å². The van der Waals surface area contributed by atoms with Gasteiger partial charge in [0.25, 0.3) is 0 Å². The predicted octanol–water partition coefficient (Wildman–Crippen LogP) is -1.47. The molecule has 0 radical (unpaired) electrons. The van der Waals surface area contributed by atoms with Crippen LogP contribution in [0.1, 0.15) is 5.56 Å². The van der Waals surface area contributed by atoms with E-state index >= 15 is 0 Å². The minimum atomic E-state index is -1.45. The van der Waals surface area contributed by atoms with Crippen molar-refractivity contribution < 1.29 is 10.0 Å². The highest BCUT2D eigenvalue weighted by Gasteiger charge is 2.08. The van der Waals surface area contributed by atoms with Crippen LogP contribution < -0.4 is 16.6 Å². The fourth-order valence-corrected chi connectivity index (χ4v) is 0.977. The van der Waals surface area contributed by atoms with E-state index in [-0.39, 0.29) is 5.11 Å². The van der Waals surface area contributed by atoms with Gasteiger partial charge in [-0.25, -0.2) is 0 Å². The van der Waals surface area contributed by atoms with E-state index in [1.807, 2.05) is 0 Å². The van der Waals surface area contributed by atoms with Crippen molar-refractivity contribution in [2.24, 2.45) is 10.8 Å². The van der Waals surface area contributed by atoms with E-state index in [4.69, 9.17) is 15.8 Å². The van der Waals surface area contributed by atoms with Crippen LogP contribution in [0.5, 0.6) is 0 Å². The van der Waals surface area contributed by atoms with Crippen molar-refractivity contribution in [3.05, 3.63) is 29.8 Å². The number of nitrogens with two attached hydrogens (primary N) is 1. The molecule has 0 saturated carbocycles. The summed E-state index contributed by atoms with van der Waals surface area (Å²) in [5, 5.41) is 21.5. The SMILES string of the molecule is NC(=S)NN=Cc1ccc(B(O)O)cc1. The van der Waals surface area contributed by atoms with Crippen molar-refractivity contribution in [2.45, 2.75) is 0 Å². The van der Waals surface area contributed by atoms with Gasteiger partial charge in [-0.05, 0) is 23.2 Å². The van der Waals surface area contributed by atoms with Crippen LogP contribution in [0.4, 0.5) is 0 Å². The summed E-state index contributed by atoms with van der Waals surface area (Å²) in [5.41, 5.74) is 8.79. The van der Waals surface area contributed by atoms with E-state index in [2.05, 4.69) is 22.7 Å². The van der Waals surface area contributed by atoms with Crippen molar-refractivity contribution in [2.75, 3.05) is 0 Å². The standard InChI is InChI=1S/C8H10BN3O2S/c10-8(15)12-11-5-6-1-3-7(4-2-6)9(13)14/h1-5,13-14H,(H3,10,12,15). The van der Waals surface area contributed by atoms with Crippen LogP contribution >= 0.6 is 12.2 Å². The molecule has 1 rings (SSSR count). The van der Waals surface area contributed by atoms with Crippen molar-refractivity contribution in [3.63, 3.8) is 0 Å². The number of thiocarbonyl (C=S) groups is 1. The Morgan fingerprint density at radius 3 is 2.47 bits per heavy atom. The summed E-state index contributed by atoms with van der Waals surface area (Å²) >= 11 is 4.55. The van der Waals surface area contributed by atoms with Crippen molar-refractivity contribution in [3.8, 4) is 0 Å². The average molecular weight is 223 g/mol. The summed E-state index contributed by atoms with van der Waals surface area (Å²) in [4.78, 5) is 0. The Hall–Kier alpha value is -1.44. The van der Waals surface area contributed by atoms with Gasteiger partial charge in [0.15, 0.2) is 5.11 Å². The van der Waals surface area contributed by atoms with Gasteiger partial charge in [-0.3, -0.25) is 5.43 Å². The Balaban J connectivity index is 2.64. The van der Waals surface area contributed by atoms with Crippen molar-refractivity contribution in [1.82, 2.24) is 5.43 Å². The number of hydrazone groups is 1. The first-order valence-corrected chi connectivity index (χ1v) is 4.55. The lowest BCUT2D eigenvalue weighted by Gasteiger charge is -1.99. The summed E-state index contributed by atoms with van der Waals surface area (Å²) in [6, 6.07) is 6.57. The largest absolute Gasteiger partial charge is 0.488 e. The molecule has 0 aromatic heterocycles. The summed E-state index contributed by atoms with van der Waals surface area (Å²) in [5.74, 6) is 0. The van der Waals surface area contributed by atoms with Crippen LogP contribution in [0.15, 0.2) is 29.4 Å². The van der Waals surface area contributed by atoms with E-state index in [0.717, 1.165) is 5.56 Å². The number of nitrogens with zero attached hydrogens (tertiary/aromatic N) is 1. The molecular formula is C8H10BN3O2S. The number of hydrogen-bond acceptors (Lipinski definition) is 4. The highest BCUT2D eigenvalue weighted by atomic mass is 32.1. The lowest BCUT2D eigenvalue weighted by atomic mass is 9.80. The Labute approximate surface area is 92.8 Å². The zero-order valence-corrected chi connectivity index (χ0v) is 8.61. The first-order chi connectivity index (χ1) is 7.09. The fourth-order valence-electron chi connectivity index (χ4n) is 0.925. The highest BCUT2D eigenvalue weighted by molar-refractivity contribution is 7.80. The molecule has 0 aliphatic carbocycles. The van der Waals surface area contributed by atoms with E-state index in [0.29, 0.717) is 5.46 Å². The Bertz CT molecular complexity index is 367. The maximum atomic E-state index is 8.84. The van der Waals surface area contributed by atoms with Gasteiger partial charge >= 0.3 is 7.12 Å². The number of rotatable bonds is 3. The zero-order valence-electron chi connectivity index (χ0n) is 7.79. The fraction of sp³-hybridized carbons (Fsp3) is 0. The van der Waals surface area contributed by atoms with E-state index in [1.165, 1.54) is 6.21 Å². The van der Waals surface area contributed by atoms with E-state index < -0.39 is 7.12 Å². The van der Waals surface area contributed by atoms with Gasteiger partial charge in [-0.1, -0.05) is 24.3 Å². The molecular weight excluding hydrogens is 213 g/mol. The molecule has 5 nitrogen and oxygen atoms in total. The monoisotopic (exact) mass is 223 g/mol. The third kappa shape index (κ3) is 4.07. The molecule has 0 amide bonds. The van der Waals surface area contributed by atoms with Crippen molar-refractivity contribution >= 4 is 36.1 Å². The molecule has 0 unspecified atom stereocenters. The van der Waals surface area contributed by atoms with Gasteiger partial charge in [0, 0.05) is 0 Å². The van der Waals surface area contributed by atoms with Crippen LogP contribution in [-0.2, 0) is 0 Å². The van der Waals surface area contributed by atoms with E-state index in [9.17, 15) is 0 Å². The first-order valence-electron chi connectivity index (χ1n) is 4.14. The molecule has 78 valence electrons. The van der Waals surface area contributed by atoms with Crippen LogP contribution in [0.2, 0.25) is 0 Å². The molecule has 0 spiro atoms. The molecule has 0 atom stereocenters. The number of hydrogen-bond donors (Lipinski definition) is 4. The van der Waals surface area contributed by atoms with Crippen LogP contribution in [0.25, 0.3) is 0 Å². The molecule has 0 aliphatic heterocycles. The second-order valence-corrected chi connectivity index (χ2v) is 3.21. The third-order valence-corrected chi connectivity index (χ3v) is 1.71. The van der Waals surface area contributed by atoms with Crippen molar-refractivity contribution in [1.29, 1.82) is 0 Å². The summed E-state index contributed by atoms with van der Waals surface area (Å²) in [6.07, 6.45) is 1.52. The van der Waals surface area contributed by atoms with Gasteiger partial charge in [-0.2, -0.15) is 5.10 Å². The highest BCUT2D eigenvalue weighted by Crippen LogP contribution is 1.93. The number of benzene rings is 1. The minimum absolute atomic E-state index is 0.0913. The Morgan fingerprint density at radius 1 is 1.40 bits per heavy atom. The maximum absolute atomic E-state index is 8.84. The summed E-state index contributed by atoms with van der Waals surface area (Å²) in [6.45, 7) is 0. The quantitative estimate of drug-likeness (QED) is 0.217. The van der Waals surface area contributed by atoms with Gasteiger partial charge in [0.1, 0.15) is 0 Å². The molecule has 0 bridgehead atoms. The molecule has 1 aromatic rings. The second-order valence-electron chi connectivity index (χ2n) is 2.77. The average Bonchev–Trinajstić information content (AvgIpc) is 2.18. The lowest BCUT2D eigenvalue weighted by Crippen LogP contribution is -2.29. The Kier molecular flexibility index (Phi) is 4.23. The lowest BCUT2D eigenvalue weighted by molar-refractivity contribution is 0.426. The zero-order chi connectivity index (χ0) is 11.3. The molecule has 7 heteroatoms. The van der Waals surface area contributed by atoms with Gasteiger partial charge in [0.05, 0.1) is 6.21 Å². The molecule has 15 heavy (non-hydrogen) atoms. The number of nitrogens with one attached hydrogen (secondary N) is 1. The minimum Gasteiger partial charge on any atom is -0.423 e. The normalized spacial score (nSPS) is 10.3. The topological polar surface area (TPSA) is 90.9 Å². The third-order valence-electron chi connectivity index (χ3n) is 1.62. The van der Waals surface area contributed by atoms with Crippen LogP contribution in [-0.4, -0.2) is 28.5 Å². The van der Waals surface area contributed by atoms with Crippen LogP contribution in [0.3, 0.4) is 0 Å². The maximum Gasteiger partial charge on any atom is 0.488 e. The van der Waals surface area contributed by atoms with Crippen LogP contribution in [0, 0.1) is 0 Å². The smallest absolute Gasteiger partial charge is 0.423 e. The molecule has 0 aliphatic rings. The Morgan fingerprint density at radius 2 is 2.00 bits per heavy atom. The first kappa shape index (κ1) is 11.6. The molecule has 0 heterocycles. The summed E-state index contributed by atoms with van der Waals surface area (Å²) in [7, 11) is -1.45. The van der Waals surface area contributed by atoms with Gasteiger partial charge < -0.3 is 15.8 Å². The predicted molar refractivity (Wildman–Crippen MR) is 63.8 cm³/mol. The second kappa shape index (κ2) is 5.45. The molecule has 1 aromatic carbocycles. The van der Waals surface area contributed by atoms with Gasteiger partial charge in [-0.15, -0.1) is 0 Å². The molecule has 0 fully saturated rings. The summed E-state index contributed by atoms with van der Waals surface area (Å²) < 4.78 is 0. The molecule has 0 saturated heterocycles. The van der Waals surface area contributed by atoms with Gasteiger partial charge in [0.2, 0.25) is 0 Å². The molecule has 5 N–H and O–H groups in total.